The first-order valence-corrected chi connectivity index (χ1v) is 13.0. The summed E-state index contributed by atoms with van der Waals surface area (Å²) in [5, 5.41) is 3.55. The van der Waals surface area contributed by atoms with E-state index in [1.54, 1.807) is 48.7 Å². The second-order valence-electron chi connectivity index (χ2n) is 8.23. The SMILES string of the molecule is O=C(NCc1ccccc1)c1cc(Oc2ccccc2)ccc1NS(=O)(=O)c1cccc2cccnc12. The minimum Gasteiger partial charge on any atom is -0.457 e. The molecular formula is C29H23N3O4S. The van der Waals surface area contributed by atoms with Crippen molar-refractivity contribution in [3.05, 3.63) is 127 Å². The number of sulfonamides is 1. The molecule has 0 bridgehead atoms. The standard InChI is InChI=1S/C29H23N3O4S/c33-29(31-20-21-9-3-1-4-10-21)25-19-24(36-23-13-5-2-6-14-23)16-17-26(25)32-37(34,35)27-15-7-11-22-12-8-18-30-28(22)27/h1-19,32H,20H2,(H,31,33). The van der Waals surface area contributed by atoms with E-state index >= 15 is 0 Å². The second kappa shape index (κ2) is 10.5. The zero-order valence-electron chi connectivity index (χ0n) is 19.7. The van der Waals surface area contributed by atoms with E-state index in [1.165, 1.54) is 18.2 Å². The molecule has 5 rings (SSSR count). The van der Waals surface area contributed by atoms with Gasteiger partial charge in [0.2, 0.25) is 0 Å². The average Bonchev–Trinajstić information content (AvgIpc) is 2.93. The van der Waals surface area contributed by atoms with Crippen LogP contribution in [0.4, 0.5) is 5.69 Å². The highest BCUT2D eigenvalue weighted by atomic mass is 32.2. The van der Waals surface area contributed by atoms with Crippen LogP contribution in [0.25, 0.3) is 10.9 Å². The van der Waals surface area contributed by atoms with Crippen LogP contribution in [-0.2, 0) is 16.6 Å². The van der Waals surface area contributed by atoms with E-state index in [2.05, 4.69) is 15.0 Å². The van der Waals surface area contributed by atoms with Crippen molar-refractivity contribution in [1.29, 1.82) is 0 Å². The molecule has 8 heteroatoms. The van der Waals surface area contributed by atoms with Crippen LogP contribution in [0, 0.1) is 0 Å². The lowest BCUT2D eigenvalue weighted by molar-refractivity contribution is 0.0951. The predicted molar refractivity (Wildman–Crippen MR) is 143 cm³/mol. The third kappa shape index (κ3) is 5.60. The van der Waals surface area contributed by atoms with Crippen molar-refractivity contribution >= 4 is 32.5 Å². The molecule has 4 aromatic carbocycles. The van der Waals surface area contributed by atoms with Crippen molar-refractivity contribution in [1.82, 2.24) is 10.3 Å². The number of ether oxygens (including phenoxy) is 1. The molecule has 0 aliphatic heterocycles. The number of amides is 1. The van der Waals surface area contributed by atoms with Crippen molar-refractivity contribution in [2.75, 3.05) is 4.72 Å². The lowest BCUT2D eigenvalue weighted by Gasteiger charge is -2.15. The smallest absolute Gasteiger partial charge is 0.264 e. The molecule has 0 aliphatic rings. The first kappa shape index (κ1) is 24.0. The molecular weight excluding hydrogens is 486 g/mol. The van der Waals surface area contributed by atoms with Crippen molar-refractivity contribution in [2.24, 2.45) is 0 Å². The van der Waals surface area contributed by atoms with Gasteiger partial charge in [-0.05, 0) is 48.0 Å². The Morgan fingerprint density at radius 2 is 1.51 bits per heavy atom. The summed E-state index contributed by atoms with van der Waals surface area (Å²) in [4.78, 5) is 17.5. The quantitative estimate of drug-likeness (QED) is 0.277. The molecule has 2 N–H and O–H groups in total. The monoisotopic (exact) mass is 509 g/mol. The fourth-order valence-corrected chi connectivity index (χ4v) is 5.11. The predicted octanol–water partition coefficient (Wildman–Crippen LogP) is 5.76. The van der Waals surface area contributed by atoms with Crippen molar-refractivity contribution in [3.63, 3.8) is 0 Å². The molecule has 7 nitrogen and oxygen atoms in total. The zero-order chi connectivity index (χ0) is 25.7. The van der Waals surface area contributed by atoms with E-state index in [4.69, 9.17) is 4.74 Å². The molecule has 0 saturated carbocycles. The summed E-state index contributed by atoms with van der Waals surface area (Å²) in [5.41, 5.74) is 1.51. The fourth-order valence-electron chi connectivity index (χ4n) is 3.85. The normalized spacial score (nSPS) is 11.1. The van der Waals surface area contributed by atoms with E-state index < -0.39 is 15.9 Å². The Balaban J connectivity index is 1.49. The van der Waals surface area contributed by atoms with E-state index in [9.17, 15) is 13.2 Å². The molecule has 37 heavy (non-hydrogen) atoms. The van der Waals surface area contributed by atoms with Crippen molar-refractivity contribution in [3.8, 4) is 11.5 Å². The molecule has 0 radical (unpaired) electrons. The maximum absolute atomic E-state index is 13.4. The highest BCUT2D eigenvalue weighted by Crippen LogP contribution is 2.29. The molecule has 5 aromatic rings. The van der Waals surface area contributed by atoms with Gasteiger partial charge in [-0.25, -0.2) is 8.42 Å². The van der Waals surface area contributed by atoms with Crippen LogP contribution in [0.15, 0.2) is 120 Å². The van der Waals surface area contributed by atoms with Crippen LogP contribution in [0.5, 0.6) is 11.5 Å². The van der Waals surface area contributed by atoms with Gasteiger partial charge in [-0.2, -0.15) is 0 Å². The third-order valence-corrected chi connectivity index (χ3v) is 7.04. The summed E-state index contributed by atoms with van der Waals surface area (Å²) in [6.45, 7) is 0.281. The Morgan fingerprint density at radius 1 is 0.784 bits per heavy atom. The topological polar surface area (TPSA) is 97.4 Å². The summed E-state index contributed by atoms with van der Waals surface area (Å²) in [7, 11) is -4.07. The van der Waals surface area contributed by atoms with Crippen LogP contribution in [0.2, 0.25) is 0 Å². The van der Waals surface area contributed by atoms with E-state index in [-0.39, 0.29) is 22.7 Å². The largest absolute Gasteiger partial charge is 0.457 e. The van der Waals surface area contributed by atoms with Gasteiger partial charge in [0.05, 0.1) is 16.8 Å². The number of anilines is 1. The van der Waals surface area contributed by atoms with Gasteiger partial charge in [0.1, 0.15) is 16.4 Å². The summed E-state index contributed by atoms with van der Waals surface area (Å²) < 4.78 is 35.3. The summed E-state index contributed by atoms with van der Waals surface area (Å²) in [6, 6.07) is 31.7. The number of carbonyl (C=O) groups is 1. The van der Waals surface area contributed by atoms with Gasteiger partial charge in [0.25, 0.3) is 15.9 Å². The highest BCUT2D eigenvalue weighted by Gasteiger charge is 2.22. The number of aromatic nitrogens is 1. The Hall–Kier alpha value is -4.69. The molecule has 1 aromatic heterocycles. The molecule has 0 atom stereocenters. The molecule has 1 amide bonds. The van der Waals surface area contributed by atoms with Crippen LogP contribution in [0.1, 0.15) is 15.9 Å². The minimum absolute atomic E-state index is 0.0193. The van der Waals surface area contributed by atoms with Gasteiger partial charge in [0.15, 0.2) is 0 Å². The van der Waals surface area contributed by atoms with E-state index in [0.29, 0.717) is 22.4 Å². The first-order chi connectivity index (χ1) is 18.0. The second-order valence-corrected chi connectivity index (χ2v) is 9.88. The average molecular weight is 510 g/mol. The molecule has 0 aliphatic carbocycles. The lowest BCUT2D eigenvalue weighted by atomic mass is 10.1. The van der Waals surface area contributed by atoms with E-state index in [0.717, 1.165) is 5.56 Å². The molecule has 0 spiro atoms. The third-order valence-electron chi connectivity index (χ3n) is 5.64. The van der Waals surface area contributed by atoms with Gasteiger partial charge < -0.3 is 10.1 Å². The fraction of sp³-hybridized carbons (Fsp3) is 0.0345. The number of pyridine rings is 1. The number of rotatable bonds is 8. The Bertz CT molecular complexity index is 1650. The number of fused-ring (bicyclic) bond motifs is 1. The first-order valence-electron chi connectivity index (χ1n) is 11.6. The number of benzene rings is 4. The minimum atomic E-state index is -4.07. The van der Waals surface area contributed by atoms with Gasteiger partial charge in [-0.3, -0.25) is 14.5 Å². The Kier molecular flexibility index (Phi) is 6.83. The van der Waals surface area contributed by atoms with Crippen LogP contribution in [-0.4, -0.2) is 19.3 Å². The van der Waals surface area contributed by atoms with Crippen LogP contribution < -0.4 is 14.8 Å². The Labute approximate surface area is 214 Å². The number of para-hydroxylation sites is 2. The molecule has 184 valence electrons. The Morgan fingerprint density at radius 3 is 2.30 bits per heavy atom. The molecule has 1 heterocycles. The number of hydrogen-bond acceptors (Lipinski definition) is 5. The molecule has 0 unspecified atom stereocenters. The number of nitrogens with one attached hydrogen (secondary N) is 2. The van der Waals surface area contributed by atoms with Crippen molar-refractivity contribution in [2.45, 2.75) is 11.4 Å². The van der Waals surface area contributed by atoms with Crippen LogP contribution in [0.3, 0.4) is 0 Å². The van der Waals surface area contributed by atoms with Crippen LogP contribution >= 0.6 is 0 Å². The lowest BCUT2D eigenvalue weighted by Crippen LogP contribution is -2.25. The zero-order valence-corrected chi connectivity index (χ0v) is 20.5. The van der Waals surface area contributed by atoms with Gasteiger partial charge in [-0.1, -0.05) is 66.7 Å². The maximum Gasteiger partial charge on any atom is 0.264 e. The number of hydrogen-bond donors (Lipinski definition) is 2. The molecule has 0 saturated heterocycles. The summed E-state index contributed by atoms with van der Waals surface area (Å²) >= 11 is 0. The maximum atomic E-state index is 13.4. The number of carbonyl (C=O) groups excluding carboxylic acids is 1. The number of nitrogens with zero attached hydrogens (tertiary/aromatic N) is 1. The molecule has 0 fully saturated rings. The summed E-state index contributed by atoms with van der Waals surface area (Å²) in [5.74, 6) is 0.537. The van der Waals surface area contributed by atoms with Gasteiger partial charge in [-0.15, -0.1) is 0 Å². The van der Waals surface area contributed by atoms with E-state index in [1.807, 2.05) is 48.5 Å². The summed E-state index contributed by atoms with van der Waals surface area (Å²) in [6.07, 6.45) is 1.54. The highest BCUT2D eigenvalue weighted by molar-refractivity contribution is 7.93. The van der Waals surface area contributed by atoms with Crippen molar-refractivity contribution < 1.29 is 17.9 Å². The van der Waals surface area contributed by atoms with Gasteiger partial charge >= 0.3 is 0 Å². The van der Waals surface area contributed by atoms with Gasteiger partial charge in [0, 0.05) is 18.1 Å².